The number of halogens is 1. The number of aromatic amines is 1. The number of amides is 1. The van der Waals surface area contributed by atoms with Crippen molar-refractivity contribution in [1.82, 2.24) is 14.9 Å². The predicted molar refractivity (Wildman–Crippen MR) is 118 cm³/mol. The predicted octanol–water partition coefficient (Wildman–Crippen LogP) is 4.91. The molecule has 0 spiro atoms. The Morgan fingerprint density at radius 1 is 1.28 bits per heavy atom. The van der Waals surface area contributed by atoms with E-state index in [9.17, 15) is 9.18 Å². The number of ether oxygens (including phenoxy) is 1. The summed E-state index contributed by atoms with van der Waals surface area (Å²) < 4.78 is 25.0. The minimum absolute atomic E-state index is 0.0425. The largest absolute Gasteiger partial charge is 0.496 e. The monoisotopic (exact) mass is 433 g/mol. The van der Waals surface area contributed by atoms with Gasteiger partial charge in [0.2, 0.25) is 0 Å². The summed E-state index contributed by atoms with van der Waals surface area (Å²) in [5.41, 5.74) is 2.12. The van der Waals surface area contributed by atoms with Crippen molar-refractivity contribution in [1.29, 1.82) is 0 Å². The van der Waals surface area contributed by atoms with Gasteiger partial charge in [0.1, 0.15) is 23.0 Å². The van der Waals surface area contributed by atoms with Gasteiger partial charge >= 0.3 is 0 Å². The number of nitrogens with one attached hydrogen (secondary N) is 1. The molecule has 1 N–H and O–H groups in total. The van der Waals surface area contributed by atoms with Gasteiger partial charge in [0.25, 0.3) is 5.91 Å². The minimum atomic E-state index is -0.329. The van der Waals surface area contributed by atoms with Crippen molar-refractivity contribution < 1.29 is 18.3 Å². The molecule has 1 fully saturated rings. The lowest BCUT2D eigenvalue weighted by atomic mass is 9.97. The average Bonchev–Trinajstić information content (AvgIpc) is 3.46. The number of hydrogen-bond donors (Lipinski definition) is 1. The number of likely N-dealkylation sites (tertiary alicyclic amines) is 1. The van der Waals surface area contributed by atoms with Gasteiger partial charge in [-0.05, 0) is 43.2 Å². The van der Waals surface area contributed by atoms with Crippen LogP contribution in [0, 0.1) is 5.82 Å². The lowest BCUT2D eigenvalue weighted by Crippen LogP contribution is -2.39. The van der Waals surface area contributed by atoms with Crippen LogP contribution in [0.25, 0.3) is 10.9 Å². The highest BCUT2D eigenvalue weighted by molar-refractivity contribution is 5.98. The van der Waals surface area contributed by atoms with E-state index in [0.29, 0.717) is 36.6 Å². The summed E-state index contributed by atoms with van der Waals surface area (Å²) in [6.45, 7) is 1.21. The number of para-hydroxylation sites is 1. The molecule has 32 heavy (non-hydrogen) atoms. The summed E-state index contributed by atoms with van der Waals surface area (Å²) in [6.07, 6.45) is 4.14. The third-order valence-electron chi connectivity index (χ3n) is 6.00. The number of hydrogen-bond acceptors (Lipinski definition) is 4. The number of methoxy groups -OCH3 is 1. The number of oxazole rings is 1. The van der Waals surface area contributed by atoms with Gasteiger partial charge in [0.05, 0.1) is 19.2 Å². The van der Waals surface area contributed by atoms with Crippen LogP contribution in [-0.4, -0.2) is 41.0 Å². The van der Waals surface area contributed by atoms with Gasteiger partial charge in [-0.2, -0.15) is 0 Å². The lowest BCUT2D eigenvalue weighted by molar-refractivity contribution is 0.0693. The number of aromatic nitrogens is 2. The number of carbonyl (C=O) groups excluding carboxylic acids is 1. The van der Waals surface area contributed by atoms with Crippen molar-refractivity contribution in [2.24, 2.45) is 0 Å². The molecule has 2 aromatic heterocycles. The summed E-state index contributed by atoms with van der Waals surface area (Å²) in [5.74, 6) is 1.87. The Balaban J connectivity index is 1.30. The lowest BCUT2D eigenvalue weighted by Gasteiger charge is -2.31. The molecule has 1 saturated heterocycles. The van der Waals surface area contributed by atoms with Crippen LogP contribution in [0.15, 0.2) is 59.1 Å². The van der Waals surface area contributed by atoms with Gasteiger partial charge in [0.15, 0.2) is 5.89 Å². The summed E-state index contributed by atoms with van der Waals surface area (Å²) in [5, 5.41) is 0.817. The van der Waals surface area contributed by atoms with Gasteiger partial charge in [-0.3, -0.25) is 4.79 Å². The Labute approximate surface area is 185 Å². The number of H-pyrrole nitrogens is 1. The first-order chi connectivity index (χ1) is 15.6. The van der Waals surface area contributed by atoms with Crippen molar-refractivity contribution >= 4 is 16.8 Å². The Hall–Kier alpha value is -3.61. The number of piperidine rings is 1. The van der Waals surface area contributed by atoms with Crippen LogP contribution in [0.1, 0.15) is 46.5 Å². The molecule has 1 atom stereocenters. The van der Waals surface area contributed by atoms with Crippen LogP contribution in [0.5, 0.6) is 5.75 Å². The molecule has 0 radical (unpaired) electrons. The van der Waals surface area contributed by atoms with Crippen molar-refractivity contribution in [3.05, 3.63) is 83.5 Å². The number of rotatable bonds is 5. The van der Waals surface area contributed by atoms with Gasteiger partial charge < -0.3 is 19.0 Å². The van der Waals surface area contributed by atoms with E-state index in [1.165, 1.54) is 12.1 Å². The molecule has 164 valence electrons. The SMILES string of the molecule is COc1ccccc1Cc1cnc([C@H]2CCCN(C(=O)c3cc4ccc(F)cc4[nH]3)C2)o1. The van der Waals surface area contributed by atoms with Gasteiger partial charge in [-0.15, -0.1) is 0 Å². The molecule has 1 aliphatic heterocycles. The molecule has 6 nitrogen and oxygen atoms in total. The standard InChI is InChI=1S/C25H24FN3O3/c1-31-23-7-3-2-5-17(23)11-20-14-27-24(32-20)18-6-4-10-29(15-18)25(30)22-12-16-8-9-19(26)13-21(16)28-22/h2-3,5,7-9,12-14,18,28H,4,6,10-11,15H2,1H3/t18-/m0/s1. The van der Waals surface area contributed by atoms with Crippen molar-refractivity contribution in [2.75, 3.05) is 20.2 Å². The third kappa shape index (κ3) is 3.98. The van der Waals surface area contributed by atoms with Gasteiger partial charge in [-0.1, -0.05) is 18.2 Å². The third-order valence-corrected chi connectivity index (χ3v) is 6.00. The molecule has 3 heterocycles. The Kier molecular flexibility index (Phi) is 5.39. The van der Waals surface area contributed by atoms with E-state index < -0.39 is 0 Å². The maximum absolute atomic E-state index is 13.5. The fourth-order valence-corrected chi connectivity index (χ4v) is 4.38. The van der Waals surface area contributed by atoms with E-state index in [2.05, 4.69) is 9.97 Å². The molecule has 0 saturated carbocycles. The Morgan fingerprint density at radius 2 is 2.16 bits per heavy atom. The second kappa shape index (κ2) is 8.49. The van der Waals surface area contributed by atoms with Crippen LogP contribution in [0.2, 0.25) is 0 Å². The first-order valence-electron chi connectivity index (χ1n) is 10.7. The molecule has 7 heteroatoms. The van der Waals surface area contributed by atoms with Crippen LogP contribution in [0.4, 0.5) is 4.39 Å². The highest BCUT2D eigenvalue weighted by Crippen LogP contribution is 2.29. The summed E-state index contributed by atoms with van der Waals surface area (Å²) >= 11 is 0. The highest BCUT2D eigenvalue weighted by atomic mass is 19.1. The minimum Gasteiger partial charge on any atom is -0.496 e. The van der Waals surface area contributed by atoms with Crippen LogP contribution >= 0.6 is 0 Å². The zero-order valence-corrected chi connectivity index (χ0v) is 17.8. The van der Waals surface area contributed by atoms with Crippen LogP contribution in [-0.2, 0) is 6.42 Å². The van der Waals surface area contributed by atoms with Gasteiger partial charge in [0, 0.05) is 36.0 Å². The normalized spacial score (nSPS) is 16.4. The molecule has 2 aromatic carbocycles. The van der Waals surface area contributed by atoms with E-state index in [1.807, 2.05) is 29.2 Å². The summed E-state index contributed by atoms with van der Waals surface area (Å²) in [4.78, 5) is 22.5. The Bertz CT molecular complexity index is 1260. The molecular formula is C25H24FN3O3. The highest BCUT2D eigenvalue weighted by Gasteiger charge is 2.29. The smallest absolute Gasteiger partial charge is 0.270 e. The number of benzene rings is 2. The van der Waals surface area contributed by atoms with E-state index in [-0.39, 0.29) is 17.6 Å². The molecule has 1 amide bonds. The van der Waals surface area contributed by atoms with Crippen LogP contribution < -0.4 is 4.74 Å². The maximum atomic E-state index is 13.5. The topological polar surface area (TPSA) is 71.4 Å². The molecule has 0 aliphatic carbocycles. The zero-order valence-electron chi connectivity index (χ0n) is 17.8. The first kappa shape index (κ1) is 20.3. The van der Waals surface area contributed by atoms with E-state index >= 15 is 0 Å². The van der Waals surface area contributed by atoms with Crippen LogP contribution in [0.3, 0.4) is 0 Å². The average molecular weight is 433 g/mol. The number of fused-ring (bicyclic) bond motifs is 1. The molecule has 4 aromatic rings. The summed E-state index contributed by atoms with van der Waals surface area (Å²) in [6, 6.07) is 14.1. The molecule has 1 aliphatic rings. The van der Waals surface area contributed by atoms with E-state index in [4.69, 9.17) is 9.15 Å². The second-order valence-electron chi connectivity index (χ2n) is 8.16. The number of carbonyl (C=O) groups is 1. The fraction of sp³-hybridized carbons (Fsp3) is 0.280. The fourth-order valence-electron chi connectivity index (χ4n) is 4.38. The first-order valence-corrected chi connectivity index (χ1v) is 10.7. The van der Waals surface area contributed by atoms with Crippen molar-refractivity contribution in [2.45, 2.75) is 25.2 Å². The Morgan fingerprint density at radius 3 is 3.03 bits per heavy atom. The van der Waals surface area contributed by atoms with Crippen molar-refractivity contribution in [3.63, 3.8) is 0 Å². The second-order valence-corrected chi connectivity index (χ2v) is 8.16. The van der Waals surface area contributed by atoms with E-state index in [0.717, 1.165) is 35.3 Å². The molecular weight excluding hydrogens is 409 g/mol. The van der Waals surface area contributed by atoms with Crippen molar-refractivity contribution in [3.8, 4) is 5.75 Å². The quantitative estimate of drug-likeness (QED) is 0.485. The zero-order chi connectivity index (χ0) is 22.1. The maximum Gasteiger partial charge on any atom is 0.270 e. The molecule has 5 rings (SSSR count). The molecule has 0 unspecified atom stereocenters. The molecule has 0 bridgehead atoms. The number of nitrogens with zero attached hydrogens (tertiary/aromatic N) is 2. The van der Waals surface area contributed by atoms with E-state index in [1.54, 1.807) is 25.4 Å². The van der Waals surface area contributed by atoms with Gasteiger partial charge in [-0.25, -0.2) is 9.37 Å². The summed E-state index contributed by atoms with van der Waals surface area (Å²) in [7, 11) is 1.65.